The molecule has 3 aromatic rings. The number of aromatic nitrogens is 2. The summed E-state index contributed by atoms with van der Waals surface area (Å²) < 4.78 is 11.3. The van der Waals surface area contributed by atoms with E-state index >= 15 is 0 Å². The molecule has 32 heavy (non-hydrogen) atoms. The molecule has 1 aromatic carbocycles. The lowest BCUT2D eigenvalue weighted by atomic mass is 9.97. The Morgan fingerprint density at radius 3 is 2.72 bits per heavy atom. The molecule has 0 radical (unpaired) electrons. The van der Waals surface area contributed by atoms with Gasteiger partial charge in [0.15, 0.2) is 11.5 Å². The molecule has 0 bridgehead atoms. The van der Waals surface area contributed by atoms with Crippen molar-refractivity contribution in [2.75, 3.05) is 36.5 Å². The fourth-order valence-corrected chi connectivity index (χ4v) is 5.08. The Morgan fingerprint density at radius 1 is 1.19 bits per heavy atom. The number of aliphatic carboxylic acids is 1. The SMILES string of the molecule is CCc1cc2c(NCc3ccc4c(c3)OCCO4)nc(N3CCC(C(=O)O)CC3)nc2s1. The molecule has 2 aromatic heterocycles. The molecule has 168 valence electrons. The molecule has 5 rings (SSSR count). The number of anilines is 2. The topological polar surface area (TPSA) is 96.8 Å². The summed E-state index contributed by atoms with van der Waals surface area (Å²) in [6.45, 7) is 5.17. The van der Waals surface area contributed by atoms with Crippen LogP contribution in [0.5, 0.6) is 11.5 Å². The second kappa shape index (κ2) is 8.82. The van der Waals surface area contributed by atoms with E-state index in [1.54, 1.807) is 11.3 Å². The van der Waals surface area contributed by atoms with E-state index in [0.717, 1.165) is 39.5 Å². The van der Waals surface area contributed by atoms with Crippen LogP contribution in [0.4, 0.5) is 11.8 Å². The largest absolute Gasteiger partial charge is 0.486 e. The van der Waals surface area contributed by atoms with Crippen molar-refractivity contribution in [3.05, 3.63) is 34.7 Å². The summed E-state index contributed by atoms with van der Waals surface area (Å²) in [5, 5.41) is 13.8. The molecule has 4 heterocycles. The summed E-state index contributed by atoms with van der Waals surface area (Å²) in [4.78, 5) is 25.3. The number of carbonyl (C=O) groups is 1. The molecule has 0 unspecified atom stereocenters. The minimum atomic E-state index is -0.714. The Hall–Kier alpha value is -3.07. The van der Waals surface area contributed by atoms with Crippen LogP contribution in [0.25, 0.3) is 10.2 Å². The lowest BCUT2D eigenvalue weighted by molar-refractivity contribution is -0.142. The van der Waals surface area contributed by atoms with Gasteiger partial charge in [0.05, 0.1) is 11.3 Å². The molecule has 0 saturated carbocycles. The maximum absolute atomic E-state index is 11.3. The highest BCUT2D eigenvalue weighted by Crippen LogP contribution is 2.34. The number of piperidine rings is 1. The van der Waals surface area contributed by atoms with E-state index in [2.05, 4.69) is 23.2 Å². The van der Waals surface area contributed by atoms with Gasteiger partial charge in [0.25, 0.3) is 0 Å². The van der Waals surface area contributed by atoms with Crippen LogP contribution in [-0.2, 0) is 17.8 Å². The lowest BCUT2D eigenvalue weighted by Gasteiger charge is -2.30. The van der Waals surface area contributed by atoms with Crippen LogP contribution >= 0.6 is 11.3 Å². The Kier molecular flexibility index (Phi) is 5.73. The first kappa shape index (κ1) is 20.8. The van der Waals surface area contributed by atoms with Crippen molar-refractivity contribution in [2.45, 2.75) is 32.7 Å². The van der Waals surface area contributed by atoms with Crippen molar-refractivity contribution < 1.29 is 19.4 Å². The van der Waals surface area contributed by atoms with E-state index < -0.39 is 5.97 Å². The van der Waals surface area contributed by atoms with E-state index in [4.69, 9.17) is 19.4 Å². The molecule has 1 saturated heterocycles. The summed E-state index contributed by atoms with van der Waals surface area (Å²) in [6.07, 6.45) is 2.17. The number of fused-ring (bicyclic) bond motifs is 2. The number of aryl methyl sites for hydroxylation is 1. The zero-order valence-corrected chi connectivity index (χ0v) is 18.8. The lowest BCUT2D eigenvalue weighted by Crippen LogP contribution is -2.37. The summed E-state index contributed by atoms with van der Waals surface area (Å²) in [5.41, 5.74) is 1.08. The van der Waals surface area contributed by atoms with E-state index in [1.165, 1.54) is 4.88 Å². The molecule has 1 fully saturated rings. The third-order valence-electron chi connectivity index (χ3n) is 5.97. The molecule has 2 N–H and O–H groups in total. The van der Waals surface area contributed by atoms with Gasteiger partial charge in [0.1, 0.15) is 23.9 Å². The minimum absolute atomic E-state index is 0.281. The maximum atomic E-state index is 11.3. The van der Waals surface area contributed by atoms with Crippen LogP contribution < -0.4 is 19.7 Å². The van der Waals surface area contributed by atoms with Gasteiger partial charge in [-0.3, -0.25) is 4.79 Å². The first-order valence-corrected chi connectivity index (χ1v) is 11.8. The first-order valence-electron chi connectivity index (χ1n) is 11.0. The molecule has 2 aliphatic rings. The van der Waals surface area contributed by atoms with Crippen LogP contribution in [0.2, 0.25) is 0 Å². The number of thiophene rings is 1. The number of nitrogens with zero attached hydrogens (tertiary/aromatic N) is 3. The highest BCUT2D eigenvalue weighted by Gasteiger charge is 2.26. The van der Waals surface area contributed by atoms with Gasteiger partial charge in [-0.2, -0.15) is 4.98 Å². The third-order valence-corrected chi connectivity index (χ3v) is 7.15. The number of hydrogen-bond donors (Lipinski definition) is 2. The van der Waals surface area contributed by atoms with Gasteiger partial charge in [-0.25, -0.2) is 4.98 Å². The van der Waals surface area contributed by atoms with Crippen molar-refractivity contribution in [1.82, 2.24) is 9.97 Å². The number of carboxylic acids is 1. The number of hydrogen-bond acceptors (Lipinski definition) is 8. The Bertz CT molecular complexity index is 1140. The molecule has 8 nitrogen and oxygen atoms in total. The Labute approximate surface area is 190 Å². The predicted molar refractivity (Wildman–Crippen MR) is 124 cm³/mol. The van der Waals surface area contributed by atoms with Crippen molar-refractivity contribution >= 4 is 39.3 Å². The van der Waals surface area contributed by atoms with Gasteiger partial charge in [-0.1, -0.05) is 13.0 Å². The summed E-state index contributed by atoms with van der Waals surface area (Å²) in [6, 6.07) is 8.13. The Balaban J connectivity index is 1.40. The van der Waals surface area contributed by atoms with E-state index in [-0.39, 0.29) is 5.92 Å². The van der Waals surface area contributed by atoms with Gasteiger partial charge in [0, 0.05) is 24.5 Å². The van der Waals surface area contributed by atoms with Gasteiger partial charge < -0.3 is 24.8 Å². The highest BCUT2D eigenvalue weighted by molar-refractivity contribution is 7.18. The van der Waals surface area contributed by atoms with E-state index in [0.29, 0.717) is 51.6 Å². The molecule has 2 aliphatic heterocycles. The van der Waals surface area contributed by atoms with Crippen LogP contribution in [0, 0.1) is 5.92 Å². The van der Waals surface area contributed by atoms with Gasteiger partial charge >= 0.3 is 5.97 Å². The zero-order valence-electron chi connectivity index (χ0n) is 18.0. The number of benzene rings is 1. The molecule has 0 spiro atoms. The maximum Gasteiger partial charge on any atom is 0.306 e. The van der Waals surface area contributed by atoms with Crippen LogP contribution in [0.1, 0.15) is 30.2 Å². The van der Waals surface area contributed by atoms with Crippen molar-refractivity contribution in [3.8, 4) is 11.5 Å². The number of rotatable bonds is 6. The number of carboxylic acid groups (broad SMARTS) is 1. The van der Waals surface area contributed by atoms with E-state index in [9.17, 15) is 9.90 Å². The normalized spacial score (nSPS) is 16.3. The third kappa shape index (κ3) is 4.17. The molecule has 0 aliphatic carbocycles. The van der Waals surface area contributed by atoms with Crippen molar-refractivity contribution in [1.29, 1.82) is 0 Å². The van der Waals surface area contributed by atoms with Crippen LogP contribution in [0.3, 0.4) is 0 Å². The smallest absolute Gasteiger partial charge is 0.306 e. The first-order chi connectivity index (χ1) is 15.6. The number of nitrogens with one attached hydrogen (secondary N) is 1. The average Bonchev–Trinajstić information content (AvgIpc) is 3.26. The summed E-state index contributed by atoms with van der Waals surface area (Å²) in [7, 11) is 0. The zero-order chi connectivity index (χ0) is 22.1. The fourth-order valence-electron chi connectivity index (χ4n) is 4.12. The Morgan fingerprint density at radius 2 is 1.97 bits per heavy atom. The molecular formula is C23H26N4O4S. The second-order valence-corrected chi connectivity index (χ2v) is 9.20. The van der Waals surface area contributed by atoms with Gasteiger partial charge in [-0.15, -0.1) is 11.3 Å². The summed E-state index contributed by atoms with van der Waals surface area (Å²) >= 11 is 1.69. The second-order valence-electron chi connectivity index (χ2n) is 8.09. The minimum Gasteiger partial charge on any atom is -0.486 e. The quantitative estimate of drug-likeness (QED) is 0.578. The molecule has 9 heteroatoms. The monoisotopic (exact) mass is 454 g/mol. The van der Waals surface area contributed by atoms with Crippen molar-refractivity contribution in [3.63, 3.8) is 0 Å². The average molecular weight is 455 g/mol. The van der Waals surface area contributed by atoms with Gasteiger partial charge in [-0.05, 0) is 43.0 Å². The number of ether oxygens (including phenoxy) is 2. The standard InChI is InChI=1S/C23H26N4O4S/c1-2-16-12-17-20(24-13-14-3-4-18-19(11-14)31-10-9-30-18)25-23(26-21(17)32-16)27-7-5-15(6-8-27)22(28)29/h3-4,11-12,15H,2,5-10,13H2,1H3,(H,28,29)(H,24,25,26). The molecule has 0 atom stereocenters. The molecular weight excluding hydrogens is 428 g/mol. The van der Waals surface area contributed by atoms with Crippen LogP contribution in [-0.4, -0.2) is 47.3 Å². The van der Waals surface area contributed by atoms with E-state index in [1.807, 2.05) is 18.2 Å². The fraction of sp³-hybridized carbons (Fsp3) is 0.435. The summed E-state index contributed by atoms with van der Waals surface area (Å²) in [5.74, 6) is 2.02. The van der Waals surface area contributed by atoms with Gasteiger partial charge in [0.2, 0.25) is 5.95 Å². The predicted octanol–water partition coefficient (Wildman–Crippen LogP) is 3.94. The van der Waals surface area contributed by atoms with Crippen molar-refractivity contribution in [2.24, 2.45) is 5.92 Å². The van der Waals surface area contributed by atoms with Crippen LogP contribution in [0.15, 0.2) is 24.3 Å². The highest BCUT2D eigenvalue weighted by atomic mass is 32.1. The molecule has 0 amide bonds.